The van der Waals surface area contributed by atoms with Crippen molar-refractivity contribution in [3.05, 3.63) is 40.8 Å². The maximum Gasteiger partial charge on any atom is 0.132 e. The van der Waals surface area contributed by atoms with Gasteiger partial charge in [0.25, 0.3) is 0 Å². The van der Waals surface area contributed by atoms with Crippen LogP contribution in [0.4, 0.5) is 0 Å². The van der Waals surface area contributed by atoms with Gasteiger partial charge in [-0.3, -0.25) is 0 Å². The molecule has 2 aromatic rings. The van der Waals surface area contributed by atoms with Gasteiger partial charge in [0.15, 0.2) is 0 Å². The van der Waals surface area contributed by atoms with Crippen LogP contribution in [0, 0.1) is 6.92 Å². The van der Waals surface area contributed by atoms with Crippen LogP contribution in [0.1, 0.15) is 5.82 Å². The van der Waals surface area contributed by atoms with E-state index >= 15 is 0 Å². The molecule has 1 aromatic carbocycles. The first-order valence-electron chi connectivity index (χ1n) is 4.44. The van der Waals surface area contributed by atoms with E-state index in [0.29, 0.717) is 0 Å². The van der Waals surface area contributed by atoms with Gasteiger partial charge < -0.3 is 4.57 Å². The molecule has 0 fully saturated rings. The Labute approximate surface area is 91.7 Å². The van der Waals surface area contributed by atoms with Crippen molar-refractivity contribution < 1.29 is 0 Å². The number of rotatable bonds is 1. The first-order chi connectivity index (χ1) is 6.70. The summed E-state index contributed by atoms with van der Waals surface area (Å²) in [7, 11) is 2.02. The largest absolute Gasteiger partial charge is 0.330 e. The van der Waals surface area contributed by atoms with Gasteiger partial charge >= 0.3 is 0 Å². The van der Waals surface area contributed by atoms with Gasteiger partial charge in [0, 0.05) is 12.6 Å². The van der Waals surface area contributed by atoms with E-state index in [0.717, 1.165) is 16.1 Å². The van der Waals surface area contributed by atoms with E-state index in [4.69, 9.17) is 0 Å². The van der Waals surface area contributed by atoms with Crippen molar-refractivity contribution in [3.8, 4) is 11.3 Å². The molecule has 1 aromatic heterocycles. The number of imidazole rings is 1. The Morgan fingerprint density at radius 2 is 1.86 bits per heavy atom. The lowest BCUT2D eigenvalue weighted by atomic mass is 10.2. The second-order valence-electron chi connectivity index (χ2n) is 3.22. The third kappa shape index (κ3) is 1.48. The Hall–Kier alpha value is -1.09. The van der Waals surface area contributed by atoms with Crippen LogP contribution in [0.15, 0.2) is 34.9 Å². The van der Waals surface area contributed by atoms with E-state index in [1.165, 1.54) is 5.56 Å². The van der Waals surface area contributed by atoms with Crippen LogP contribution >= 0.6 is 15.9 Å². The zero-order chi connectivity index (χ0) is 10.1. The van der Waals surface area contributed by atoms with Crippen molar-refractivity contribution >= 4 is 15.9 Å². The maximum absolute atomic E-state index is 4.37. The lowest BCUT2D eigenvalue weighted by molar-refractivity contribution is 0.865. The topological polar surface area (TPSA) is 17.8 Å². The fourth-order valence-electron chi connectivity index (χ4n) is 1.48. The van der Waals surface area contributed by atoms with E-state index < -0.39 is 0 Å². The van der Waals surface area contributed by atoms with Gasteiger partial charge in [0.2, 0.25) is 0 Å². The molecule has 0 aliphatic rings. The monoisotopic (exact) mass is 250 g/mol. The summed E-state index contributed by atoms with van der Waals surface area (Å²) in [6.45, 7) is 2.00. The molecule has 14 heavy (non-hydrogen) atoms. The summed E-state index contributed by atoms with van der Waals surface area (Å²) in [5.74, 6) is 1.01. The number of halogens is 1. The van der Waals surface area contributed by atoms with Crippen LogP contribution in [0.25, 0.3) is 11.3 Å². The van der Waals surface area contributed by atoms with Crippen molar-refractivity contribution in [2.75, 3.05) is 0 Å². The molecule has 0 atom stereocenters. The molecular weight excluding hydrogens is 240 g/mol. The summed E-state index contributed by atoms with van der Waals surface area (Å²) in [6, 6.07) is 10.2. The number of hydrogen-bond donors (Lipinski definition) is 0. The smallest absolute Gasteiger partial charge is 0.132 e. The van der Waals surface area contributed by atoms with Gasteiger partial charge in [-0.05, 0) is 22.9 Å². The van der Waals surface area contributed by atoms with Crippen LogP contribution < -0.4 is 0 Å². The molecule has 2 rings (SSSR count). The van der Waals surface area contributed by atoms with E-state index in [1.807, 2.05) is 32.2 Å². The molecule has 0 aliphatic carbocycles. The number of nitrogens with zero attached hydrogens (tertiary/aromatic N) is 2. The summed E-state index contributed by atoms with van der Waals surface area (Å²) in [5.41, 5.74) is 2.31. The first-order valence-corrected chi connectivity index (χ1v) is 5.23. The van der Waals surface area contributed by atoms with Crippen molar-refractivity contribution in [3.63, 3.8) is 0 Å². The standard InChI is InChI=1S/C11H11BrN2/c1-8-13-11(12)10(14(8)2)9-6-4-3-5-7-9/h3-7H,1-2H3. The fourth-order valence-corrected chi connectivity index (χ4v) is 2.23. The molecule has 0 N–H and O–H groups in total. The minimum atomic E-state index is 0.906. The Kier molecular flexibility index (Phi) is 2.42. The van der Waals surface area contributed by atoms with Crippen molar-refractivity contribution in [2.45, 2.75) is 6.92 Å². The molecule has 3 heteroatoms. The fraction of sp³-hybridized carbons (Fsp3) is 0.182. The highest BCUT2D eigenvalue weighted by atomic mass is 79.9. The molecule has 72 valence electrons. The summed E-state index contributed by atoms with van der Waals surface area (Å²) >= 11 is 3.47. The molecule has 0 spiro atoms. The Balaban J connectivity index is 2.62. The second-order valence-corrected chi connectivity index (χ2v) is 3.97. The quantitative estimate of drug-likeness (QED) is 0.761. The number of hydrogen-bond acceptors (Lipinski definition) is 1. The minimum Gasteiger partial charge on any atom is -0.330 e. The highest BCUT2D eigenvalue weighted by molar-refractivity contribution is 9.10. The van der Waals surface area contributed by atoms with E-state index in [1.54, 1.807) is 0 Å². The van der Waals surface area contributed by atoms with Crippen molar-refractivity contribution in [1.82, 2.24) is 9.55 Å². The van der Waals surface area contributed by atoms with E-state index in [2.05, 4.69) is 37.6 Å². The van der Waals surface area contributed by atoms with Crippen molar-refractivity contribution in [1.29, 1.82) is 0 Å². The molecule has 0 saturated carbocycles. The number of aromatic nitrogens is 2. The lowest BCUT2D eigenvalue weighted by Crippen LogP contribution is -1.93. The third-order valence-corrected chi connectivity index (χ3v) is 2.88. The van der Waals surface area contributed by atoms with Crippen LogP contribution in [-0.2, 0) is 7.05 Å². The molecule has 0 bridgehead atoms. The number of benzene rings is 1. The minimum absolute atomic E-state index is 0.906. The third-order valence-electron chi connectivity index (χ3n) is 2.32. The molecular formula is C11H11BrN2. The molecule has 2 nitrogen and oxygen atoms in total. The lowest BCUT2D eigenvalue weighted by Gasteiger charge is -2.03. The molecule has 1 heterocycles. The van der Waals surface area contributed by atoms with Crippen LogP contribution in [0.3, 0.4) is 0 Å². The van der Waals surface area contributed by atoms with Crippen LogP contribution in [-0.4, -0.2) is 9.55 Å². The predicted molar refractivity (Wildman–Crippen MR) is 61.1 cm³/mol. The summed E-state index contributed by atoms with van der Waals surface area (Å²) in [4.78, 5) is 4.37. The average Bonchev–Trinajstić information content (AvgIpc) is 2.43. The highest BCUT2D eigenvalue weighted by Crippen LogP contribution is 2.27. The summed E-state index contributed by atoms with van der Waals surface area (Å²) in [6.07, 6.45) is 0. The zero-order valence-corrected chi connectivity index (χ0v) is 9.75. The van der Waals surface area contributed by atoms with Crippen LogP contribution in [0.2, 0.25) is 0 Å². The second kappa shape index (κ2) is 3.58. The maximum atomic E-state index is 4.37. The summed E-state index contributed by atoms with van der Waals surface area (Å²) in [5, 5.41) is 0. The van der Waals surface area contributed by atoms with E-state index in [9.17, 15) is 0 Å². The van der Waals surface area contributed by atoms with E-state index in [-0.39, 0.29) is 0 Å². The van der Waals surface area contributed by atoms with Gasteiger partial charge in [0.1, 0.15) is 10.4 Å². The van der Waals surface area contributed by atoms with Gasteiger partial charge in [-0.25, -0.2) is 4.98 Å². The SMILES string of the molecule is Cc1nc(Br)c(-c2ccccc2)n1C. The Morgan fingerprint density at radius 3 is 2.36 bits per heavy atom. The van der Waals surface area contributed by atoms with Crippen LogP contribution in [0.5, 0.6) is 0 Å². The highest BCUT2D eigenvalue weighted by Gasteiger charge is 2.10. The summed E-state index contributed by atoms with van der Waals surface area (Å²) < 4.78 is 2.99. The zero-order valence-electron chi connectivity index (χ0n) is 8.16. The van der Waals surface area contributed by atoms with Gasteiger partial charge in [-0.2, -0.15) is 0 Å². The van der Waals surface area contributed by atoms with Gasteiger partial charge in [0.05, 0.1) is 5.69 Å². The molecule has 0 unspecified atom stereocenters. The number of aryl methyl sites for hydroxylation is 1. The van der Waals surface area contributed by atoms with Crippen molar-refractivity contribution in [2.24, 2.45) is 7.05 Å². The molecule has 0 amide bonds. The molecule has 0 saturated heterocycles. The van der Waals surface area contributed by atoms with Gasteiger partial charge in [-0.1, -0.05) is 30.3 Å². The normalized spacial score (nSPS) is 10.5. The molecule has 0 radical (unpaired) electrons. The predicted octanol–water partition coefficient (Wildman–Crippen LogP) is 3.16. The molecule has 0 aliphatic heterocycles. The Bertz CT molecular complexity index is 446. The van der Waals surface area contributed by atoms with Gasteiger partial charge in [-0.15, -0.1) is 0 Å². The first kappa shape index (κ1) is 9.46. The average molecular weight is 251 g/mol. The Morgan fingerprint density at radius 1 is 1.21 bits per heavy atom.